The molecule has 5 nitrogen and oxygen atoms in total. The number of carbonyl (C=O) groups excluding carboxylic acids is 1. The zero-order valence-corrected chi connectivity index (χ0v) is 16.6. The maximum absolute atomic E-state index is 12.4. The van der Waals surface area contributed by atoms with Gasteiger partial charge in [-0.05, 0) is 53.9 Å². The summed E-state index contributed by atoms with van der Waals surface area (Å²) in [6, 6.07) is 24.9. The minimum Gasteiger partial charge on any atom is -0.497 e. The van der Waals surface area contributed by atoms with Gasteiger partial charge in [-0.15, -0.1) is 0 Å². The molecule has 5 heteroatoms. The van der Waals surface area contributed by atoms with Crippen molar-refractivity contribution in [3.8, 4) is 16.9 Å². The largest absolute Gasteiger partial charge is 0.497 e. The highest BCUT2D eigenvalue weighted by molar-refractivity contribution is 5.94. The first-order chi connectivity index (χ1) is 14.6. The minimum atomic E-state index is -0.159. The van der Waals surface area contributed by atoms with Crippen molar-refractivity contribution in [2.75, 3.05) is 13.7 Å². The van der Waals surface area contributed by atoms with Gasteiger partial charge >= 0.3 is 0 Å². The number of aromatic nitrogens is 1. The lowest BCUT2D eigenvalue weighted by Gasteiger charge is -2.08. The molecule has 0 aliphatic carbocycles. The number of amides is 1. The van der Waals surface area contributed by atoms with E-state index in [1.165, 1.54) is 0 Å². The Balaban J connectivity index is 1.41. The Hall–Kier alpha value is -3.86. The predicted molar refractivity (Wildman–Crippen MR) is 119 cm³/mol. The fourth-order valence-electron chi connectivity index (χ4n) is 3.40. The van der Waals surface area contributed by atoms with E-state index >= 15 is 0 Å². The maximum atomic E-state index is 12.4. The summed E-state index contributed by atoms with van der Waals surface area (Å²) in [4.78, 5) is 27.6. The van der Waals surface area contributed by atoms with Crippen LogP contribution in [0.25, 0.3) is 22.0 Å². The van der Waals surface area contributed by atoms with Crippen LogP contribution in [0.5, 0.6) is 5.75 Å². The summed E-state index contributed by atoms with van der Waals surface area (Å²) in [7, 11) is 1.61. The number of rotatable bonds is 6. The van der Waals surface area contributed by atoms with Crippen molar-refractivity contribution in [3.05, 3.63) is 100 Å². The Morgan fingerprint density at radius 1 is 0.933 bits per heavy atom. The summed E-state index contributed by atoms with van der Waals surface area (Å²) in [6.07, 6.45) is 0.441. The summed E-state index contributed by atoms with van der Waals surface area (Å²) in [5.74, 6) is 0.571. The van der Waals surface area contributed by atoms with Gasteiger partial charge in [-0.25, -0.2) is 0 Å². The highest BCUT2D eigenvalue weighted by Crippen LogP contribution is 2.20. The van der Waals surface area contributed by atoms with Gasteiger partial charge in [0.1, 0.15) is 5.75 Å². The van der Waals surface area contributed by atoms with Gasteiger partial charge in [0.25, 0.3) is 11.5 Å². The van der Waals surface area contributed by atoms with Crippen LogP contribution in [0.2, 0.25) is 0 Å². The molecule has 0 fully saturated rings. The average Bonchev–Trinajstić information content (AvgIpc) is 2.79. The van der Waals surface area contributed by atoms with E-state index in [2.05, 4.69) is 10.3 Å². The van der Waals surface area contributed by atoms with Crippen molar-refractivity contribution in [2.24, 2.45) is 0 Å². The second-order valence-electron chi connectivity index (χ2n) is 7.03. The smallest absolute Gasteiger partial charge is 0.251 e. The van der Waals surface area contributed by atoms with Crippen molar-refractivity contribution in [1.82, 2.24) is 10.3 Å². The number of ether oxygens (including phenoxy) is 1. The molecule has 0 saturated carbocycles. The van der Waals surface area contributed by atoms with Crippen molar-refractivity contribution in [1.29, 1.82) is 0 Å². The first kappa shape index (κ1) is 19.5. The summed E-state index contributed by atoms with van der Waals surface area (Å²) in [6.45, 7) is 0.373. The van der Waals surface area contributed by atoms with Gasteiger partial charge in [0.2, 0.25) is 0 Å². The van der Waals surface area contributed by atoms with E-state index in [0.29, 0.717) is 24.1 Å². The molecule has 2 N–H and O–H groups in total. The number of hydrogen-bond donors (Lipinski definition) is 2. The standard InChI is InChI=1S/C25H22N2O3/c1-30-22-11-12-23-21(16-22)15-20(25(29)27-23)13-14-26-24(28)19-9-7-18(8-10-19)17-5-3-2-4-6-17/h2-12,15-16H,13-14H2,1H3,(H,26,28)(H,27,29). The van der Waals surface area contributed by atoms with E-state index in [1.54, 1.807) is 13.2 Å². The second kappa shape index (κ2) is 8.66. The van der Waals surface area contributed by atoms with Crippen LogP contribution in [0.1, 0.15) is 15.9 Å². The van der Waals surface area contributed by atoms with Crippen LogP contribution in [0, 0.1) is 0 Å². The summed E-state index contributed by atoms with van der Waals surface area (Å²) >= 11 is 0. The van der Waals surface area contributed by atoms with Crippen molar-refractivity contribution in [2.45, 2.75) is 6.42 Å². The highest BCUT2D eigenvalue weighted by Gasteiger charge is 2.08. The van der Waals surface area contributed by atoms with Crippen LogP contribution in [0.4, 0.5) is 0 Å². The predicted octanol–water partition coefficient (Wildman–Crippen LogP) is 4.18. The molecule has 4 rings (SSSR count). The van der Waals surface area contributed by atoms with Gasteiger partial charge in [0.15, 0.2) is 0 Å². The van der Waals surface area contributed by atoms with E-state index in [9.17, 15) is 9.59 Å². The molecular formula is C25H22N2O3. The van der Waals surface area contributed by atoms with Crippen LogP contribution in [-0.4, -0.2) is 24.5 Å². The molecule has 0 atom stereocenters. The quantitative estimate of drug-likeness (QED) is 0.512. The molecule has 0 saturated heterocycles. The lowest BCUT2D eigenvalue weighted by molar-refractivity contribution is 0.0954. The van der Waals surface area contributed by atoms with Crippen LogP contribution in [0.3, 0.4) is 0 Å². The average molecular weight is 398 g/mol. The van der Waals surface area contributed by atoms with Crippen LogP contribution >= 0.6 is 0 Å². The number of hydrogen-bond acceptors (Lipinski definition) is 3. The third kappa shape index (κ3) is 4.25. The zero-order chi connectivity index (χ0) is 20.9. The number of benzene rings is 3. The van der Waals surface area contributed by atoms with E-state index < -0.39 is 0 Å². The van der Waals surface area contributed by atoms with E-state index in [4.69, 9.17) is 4.74 Å². The van der Waals surface area contributed by atoms with Gasteiger partial charge < -0.3 is 15.0 Å². The fourth-order valence-corrected chi connectivity index (χ4v) is 3.40. The zero-order valence-electron chi connectivity index (χ0n) is 16.6. The first-order valence-corrected chi connectivity index (χ1v) is 9.78. The fraction of sp³-hybridized carbons (Fsp3) is 0.120. The lowest BCUT2D eigenvalue weighted by atomic mass is 10.0. The Kier molecular flexibility index (Phi) is 5.61. The third-order valence-corrected chi connectivity index (χ3v) is 5.06. The molecule has 3 aromatic carbocycles. The topological polar surface area (TPSA) is 71.2 Å². The molecule has 0 radical (unpaired) electrons. The van der Waals surface area contributed by atoms with Crippen molar-refractivity contribution < 1.29 is 9.53 Å². The summed E-state index contributed by atoms with van der Waals surface area (Å²) in [5, 5.41) is 3.78. The summed E-state index contributed by atoms with van der Waals surface area (Å²) < 4.78 is 5.24. The first-order valence-electron chi connectivity index (χ1n) is 9.78. The monoisotopic (exact) mass is 398 g/mol. The van der Waals surface area contributed by atoms with Crippen LogP contribution < -0.4 is 15.6 Å². The van der Waals surface area contributed by atoms with Crippen molar-refractivity contribution >= 4 is 16.8 Å². The number of aromatic amines is 1. The van der Waals surface area contributed by atoms with Gasteiger partial charge in [-0.2, -0.15) is 0 Å². The Labute approximate surface area is 174 Å². The Morgan fingerprint density at radius 2 is 1.67 bits per heavy atom. The number of carbonyl (C=O) groups is 1. The summed E-state index contributed by atoms with van der Waals surface area (Å²) in [5.41, 5.74) is 3.99. The molecule has 1 heterocycles. The van der Waals surface area contributed by atoms with Crippen LogP contribution in [0.15, 0.2) is 83.7 Å². The van der Waals surface area contributed by atoms with Crippen molar-refractivity contribution in [3.63, 3.8) is 0 Å². The lowest BCUT2D eigenvalue weighted by Crippen LogP contribution is -2.27. The van der Waals surface area contributed by atoms with Gasteiger partial charge in [-0.1, -0.05) is 42.5 Å². The van der Waals surface area contributed by atoms with E-state index in [0.717, 1.165) is 27.8 Å². The van der Waals surface area contributed by atoms with Gasteiger partial charge in [0, 0.05) is 28.6 Å². The molecule has 0 aliphatic heterocycles. The number of nitrogens with one attached hydrogen (secondary N) is 2. The molecular weight excluding hydrogens is 376 g/mol. The molecule has 1 aromatic heterocycles. The molecule has 0 unspecified atom stereocenters. The number of pyridine rings is 1. The van der Waals surface area contributed by atoms with Crippen LogP contribution in [-0.2, 0) is 6.42 Å². The second-order valence-corrected chi connectivity index (χ2v) is 7.03. The molecule has 150 valence electrons. The maximum Gasteiger partial charge on any atom is 0.251 e. The molecule has 0 spiro atoms. The van der Waals surface area contributed by atoms with E-state index in [-0.39, 0.29) is 11.5 Å². The number of methoxy groups -OCH3 is 1. The SMILES string of the molecule is COc1ccc2[nH]c(=O)c(CCNC(=O)c3ccc(-c4ccccc4)cc3)cc2c1. The molecule has 4 aromatic rings. The molecule has 1 amide bonds. The normalized spacial score (nSPS) is 10.7. The molecule has 0 bridgehead atoms. The molecule has 30 heavy (non-hydrogen) atoms. The minimum absolute atomic E-state index is 0.144. The number of fused-ring (bicyclic) bond motifs is 1. The highest BCUT2D eigenvalue weighted by atomic mass is 16.5. The third-order valence-electron chi connectivity index (χ3n) is 5.06. The Bertz CT molecular complexity index is 1230. The van der Waals surface area contributed by atoms with Gasteiger partial charge in [0.05, 0.1) is 7.11 Å². The molecule has 0 aliphatic rings. The van der Waals surface area contributed by atoms with Gasteiger partial charge in [-0.3, -0.25) is 9.59 Å². The Morgan fingerprint density at radius 3 is 2.40 bits per heavy atom. The number of H-pyrrole nitrogens is 1. The van der Waals surface area contributed by atoms with E-state index in [1.807, 2.05) is 72.8 Å².